The second-order valence-electron chi connectivity index (χ2n) is 5.34. The van der Waals surface area contributed by atoms with Crippen molar-refractivity contribution in [2.75, 3.05) is 7.11 Å². The van der Waals surface area contributed by atoms with E-state index in [4.69, 9.17) is 8.92 Å². The monoisotopic (exact) mass is 436 g/mol. The number of aromatic nitrogens is 2. The molecule has 0 radical (unpaired) electrons. The number of carbonyl (C=O) groups is 1. The van der Waals surface area contributed by atoms with Crippen LogP contribution in [0.15, 0.2) is 52.0 Å². The number of methoxy groups -OCH3 is 1. The van der Waals surface area contributed by atoms with Gasteiger partial charge in [-0.2, -0.15) is 8.42 Å². The van der Waals surface area contributed by atoms with E-state index >= 15 is 0 Å². The summed E-state index contributed by atoms with van der Waals surface area (Å²) in [7, 11) is -2.79. The van der Waals surface area contributed by atoms with Gasteiger partial charge in [-0.05, 0) is 47.1 Å². The van der Waals surface area contributed by atoms with Gasteiger partial charge in [0.2, 0.25) is 0 Å². The van der Waals surface area contributed by atoms with Crippen LogP contribution in [0.5, 0.6) is 5.88 Å². The lowest BCUT2D eigenvalue weighted by molar-refractivity contribution is 0.0602. The van der Waals surface area contributed by atoms with Crippen LogP contribution in [0.4, 0.5) is 0 Å². The minimum absolute atomic E-state index is 0.00683. The Labute approximate surface area is 158 Å². The quantitative estimate of drug-likeness (QED) is 0.457. The fourth-order valence-corrected chi connectivity index (χ4v) is 3.51. The number of halogens is 1. The Morgan fingerprint density at radius 1 is 1.08 bits per heavy atom. The molecule has 0 aliphatic heterocycles. The highest BCUT2D eigenvalue weighted by Crippen LogP contribution is 2.27. The van der Waals surface area contributed by atoms with Crippen LogP contribution in [0, 0.1) is 6.92 Å². The van der Waals surface area contributed by atoms with Crippen LogP contribution in [0.3, 0.4) is 0 Å². The number of carbonyl (C=O) groups excluding carboxylic acids is 1. The lowest BCUT2D eigenvalue weighted by atomic mass is 10.2. The van der Waals surface area contributed by atoms with Crippen molar-refractivity contribution in [3.8, 4) is 5.88 Å². The molecule has 1 aromatic heterocycles. The average molecular weight is 437 g/mol. The number of esters is 1. The van der Waals surface area contributed by atoms with Crippen molar-refractivity contribution < 1.29 is 22.1 Å². The van der Waals surface area contributed by atoms with Crippen molar-refractivity contribution in [3.63, 3.8) is 0 Å². The van der Waals surface area contributed by atoms with E-state index in [1.807, 2.05) is 6.92 Å². The fraction of sp³-hybridized carbons (Fsp3) is 0.118. The molecule has 1 heterocycles. The molecule has 7 nitrogen and oxygen atoms in total. The molecule has 134 valence electrons. The number of nitrogens with zero attached hydrogens (tertiary/aromatic N) is 2. The van der Waals surface area contributed by atoms with E-state index in [1.165, 1.54) is 25.3 Å². The van der Waals surface area contributed by atoms with Gasteiger partial charge in [0.05, 0.1) is 18.9 Å². The Morgan fingerprint density at radius 3 is 2.42 bits per heavy atom. The maximum absolute atomic E-state index is 12.4. The molecule has 0 amide bonds. The third kappa shape index (κ3) is 3.54. The van der Waals surface area contributed by atoms with E-state index in [2.05, 4.69) is 25.9 Å². The zero-order valence-electron chi connectivity index (χ0n) is 13.8. The van der Waals surface area contributed by atoms with Crippen LogP contribution in [0.25, 0.3) is 11.0 Å². The van der Waals surface area contributed by atoms with Crippen LogP contribution in [0.2, 0.25) is 0 Å². The minimum Gasteiger partial charge on any atom is -0.465 e. The zero-order chi connectivity index (χ0) is 18.9. The predicted molar refractivity (Wildman–Crippen MR) is 97.6 cm³/mol. The summed E-state index contributed by atoms with van der Waals surface area (Å²) in [5.41, 5.74) is 1.69. The Bertz CT molecular complexity index is 1100. The standard InChI is InChI=1S/C17H13BrN2O5S/c1-10-3-5-11(6-4-10)26(22,23)25-14-9-19-15-12(17(21)24-2)7-8-13(18)16(15)20-14/h3-9H,1-2H3. The van der Waals surface area contributed by atoms with Crippen molar-refractivity contribution in [1.82, 2.24) is 9.97 Å². The minimum atomic E-state index is -4.05. The summed E-state index contributed by atoms with van der Waals surface area (Å²) in [6, 6.07) is 9.37. The lowest BCUT2D eigenvalue weighted by Gasteiger charge is -2.09. The summed E-state index contributed by atoms with van der Waals surface area (Å²) in [4.78, 5) is 20.1. The summed E-state index contributed by atoms with van der Waals surface area (Å²) in [5.74, 6) is -0.779. The Morgan fingerprint density at radius 2 is 1.77 bits per heavy atom. The number of aryl methyl sites for hydroxylation is 1. The van der Waals surface area contributed by atoms with Crippen LogP contribution in [-0.4, -0.2) is 31.5 Å². The third-order valence-corrected chi connectivity index (χ3v) is 5.42. The van der Waals surface area contributed by atoms with Gasteiger partial charge in [0.1, 0.15) is 15.9 Å². The highest BCUT2D eigenvalue weighted by Gasteiger charge is 2.20. The molecule has 3 aromatic rings. The molecule has 0 atom stereocenters. The molecular weight excluding hydrogens is 424 g/mol. The van der Waals surface area contributed by atoms with Gasteiger partial charge >= 0.3 is 16.1 Å². The van der Waals surface area contributed by atoms with Crippen LogP contribution >= 0.6 is 15.9 Å². The Kier molecular flexibility index (Phi) is 4.92. The van der Waals surface area contributed by atoms with Gasteiger partial charge in [-0.25, -0.2) is 14.8 Å². The van der Waals surface area contributed by atoms with Crippen molar-refractivity contribution >= 4 is 43.1 Å². The molecule has 3 rings (SSSR count). The first-order valence-electron chi connectivity index (χ1n) is 7.36. The van der Waals surface area contributed by atoms with Crippen molar-refractivity contribution in [3.05, 3.63) is 58.2 Å². The van der Waals surface area contributed by atoms with Gasteiger partial charge in [-0.15, -0.1) is 0 Å². The van der Waals surface area contributed by atoms with E-state index in [0.29, 0.717) is 4.47 Å². The fourth-order valence-electron chi connectivity index (χ4n) is 2.23. The van der Waals surface area contributed by atoms with Crippen LogP contribution in [0.1, 0.15) is 15.9 Å². The van der Waals surface area contributed by atoms with Gasteiger partial charge in [0.25, 0.3) is 5.88 Å². The van der Waals surface area contributed by atoms with Gasteiger partial charge in [0, 0.05) is 4.47 Å². The van der Waals surface area contributed by atoms with E-state index in [0.717, 1.165) is 11.8 Å². The first kappa shape index (κ1) is 18.3. The molecular formula is C17H13BrN2O5S. The number of rotatable bonds is 4. The number of fused-ring (bicyclic) bond motifs is 1. The molecule has 0 saturated carbocycles. The van der Waals surface area contributed by atoms with Crippen molar-refractivity contribution in [1.29, 1.82) is 0 Å². The number of hydrogen-bond donors (Lipinski definition) is 0. The summed E-state index contributed by atoms with van der Waals surface area (Å²) in [6.07, 6.45) is 1.15. The second-order valence-corrected chi connectivity index (χ2v) is 7.74. The van der Waals surface area contributed by atoms with Crippen molar-refractivity contribution in [2.24, 2.45) is 0 Å². The first-order chi connectivity index (χ1) is 12.3. The largest absolute Gasteiger partial charge is 0.465 e. The van der Waals surface area contributed by atoms with Crippen LogP contribution < -0.4 is 4.18 Å². The summed E-state index contributed by atoms with van der Waals surface area (Å²) in [6.45, 7) is 1.85. The summed E-state index contributed by atoms with van der Waals surface area (Å²) in [5, 5.41) is 0. The summed E-state index contributed by atoms with van der Waals surface area (Å²) < 4.78 is 35.1. The average Bonchev–Trinajstić information content (AvgIpc) is 2.62. The van der Waals surface area contributed by atoms with E-state index in [9.17, 15) is 13.2 Å². The Balaban J connectivity index is 2.03. The second kappa shape index (κ2) is 7.00. The van der Waals surface area contributed by atoms with Gasteiger partial charge in [0.15, 0.2) is 0 Å². The van der Waals surface area contributed by atoms with E-state index in [1.54, 1.807) is 18.2 Å². The molecule has 26 heavy (non-hydrogen) atoms. The number of benzene rings is 2. The molecule has 0 saturated heterocycles. The molecule has 9 heteroatoms. The third-order valence-electron chi connectivity index (χ3n) is 3.54. The van der Waals surface area contributed by atoms with Gasteiger partial charge < -0.3 is 8.92 Å². The predicted octanol–water partition coefficient (Wildman–Crippen LogP) is 3.26. The maximum Gasteiger partial charge on any atom is 0.340 e. The smallest absolute Gasteiger partial charge is 0.340 e. The molecule has 0 unspecified atom stereocenters. The normalized spacial score (nSPS) is 11.3. The van der Waals surface area contributed by atoms with E-state index < -0.39 is 16.1 Å². The zero-order valence-corrected chi connectivity index (χ0v) is 16.2. The van der Waals surface area contributed by atoms with Crippen LogP contribution in [-0.2, 0) is 14.9 Å². The molecule has 0 bridgehead atoms. The molecule has 0 aliphatic rings. The molecule has 0 N–H and O–H groups in total. The van der Waals surface area contributed by atoms with E-state index in [-0.39, 0.29) is 27.4 Å². The molecule has 0 fully saturated rings. The molecule has 2 aromatic carbocycles. The number of ether oxygens (including phenoxy) is 1. The van der Waals surface area contributed by atoms with Gasteiger partial charge in [-0.1, -0.05) is 17.7 Å². The highest BCUT2D eigenvalue weighted by molar-refractivity contribution is 9.10. The summed E-state index contributed by atoms with van der Waals surface area (Å²) >= 11 is 3.31. The molecule has 0 aliphatic carbocycles. The SMILES string of the molecule is COC(=O)c1ccc(Br)c2nc(OS(=O)(=O)c3ccc(C)cc3)cnc12. The topological polar surface area (TPSA) is 95.5 Å². The highest BCUT2D eigenvalue weighted by atomic mass is 79.9. The number of hydrogen-bond acceptors (Lipinski definition) is 7. The maximum atomic E-state index is 12.4. The van der Waals surface area contributed by atoms with Gasteiger partial charge in [-0.3, -0.25) is 0 Å². The first-order valence-corrected chi connectivity index (χ1v) is 9.56. The van der Waals surface area contributed by atoms with Crippen molar-refractivity contribution in [2.45, 2.75) is 11.8 Å². The lowest BCUT2D eigenvalue weighted by Crippen LogP contribution is -2.11. The Hall–Kier alpha value is -2.52. The molecule has 0 spiro atoms.